The monoisotopic (exact) mass is 311 g/mol. The zero-order valence-corrected chi connectivity index (χ0v) is 13.6. The Morgan fingerprint density at radius 3 is 2.86 bits per heavy atom. The number of halogens is 1. The first-order chi connectivity index (χ1) is 10.3. The molecule has 1 aliphatic heterocycles. The number of hydrogen-bond donors (Lipinski definition) is 1. The lowest BCUT2D eigenvalue weighted by atomic mass is 10.1. The molecular weight excluding hydrogens is 286 g/mol. The molecule has 3 nitrogen and oxygen atoms in total. The highest BCUT2D eigenvalue weighted by Gasteiger charge is 2.16. The number of likely N-dealkylation sites (N-methyl/N-ethyl adjacent to an activating group) is 1. The molecule has 1 fully saturated rings. The minimum absolute atomic E-state index is 0.395. The minimum atomic E-state index is 0.395. The first-order valence-corrected chi connectivity index (χ1v) is 8.39. The van der Waals surface area contributed by atoms with Crippen molar-refractivity contribution >= 4 is 11.6 Å². The van der Waals surface area contributed by atoms with E-state index < -0.39 is 0 Å². The minimum Gasteiger partial charge on any atom is -0.492 e. The molecule has 1 N–H and O–H groups in total. The molecule has 1 saturated heterocycles. The van der Waals surface area contributed by atoms with Gasteiger partial charge in [-0.1, -0.05) is 18.5 Å². The van der Waals surface area contributed by atoms with Crippen LogP contribution >= 0.6 is 11.6 Å². The van der Waals surface area contributed by atoms with Crippen LogP contribution in [-0.4, -0.2) is 31.9 Å². The van der Waals surface area contributed by atoms with Crippen molar-refractivity contribution in [2.24, 2.45) is 0 Å². The number of nitrogens with one attached hydrogen (secondary N) is 1. The van der Waals surface area contributed by atoms with Gasteiger partial charge in [0.25, 0.3) is 0 Å². The number of hydrogen-bond acceptors (Lipinski definition) is 3. The molecule has 0 spiro atoms. The third-order valence-electron chi connectivity index (χ3n) is 3.86. The number of ether oxygens (including phenoxy) is 2. The third-order valence-corrected chi connectivity index (χ3v) is 4.11. The van der Waals surface area contributed by atoms with Crippen molar-refractivity contribution in [3.8, 4) is 5.75 Å². The van der Waals surface area contributed by atoms with Gasteiger partial charge in [0.1, 0.15) is 12.4 Å². The van der Waals surface area contributed by atoms with Crippen LogP contribution in [0.3, 0.4) is 0 Å². The first-order valence-electron chi connectivity index (χ1n) is 8.01. The second-order valence-corrected chi connectivity index (χ2v) is 6.02. The maximum atomic E-state index is 5.88. The molecule has 0 aromatic heterocycles. The van der Waals surface area contributed by atoms with Gasteiger partial charge in [-0.2, -0.15) is 0 Å². The Hall–Kier alpha value is -0.770. The van der Waals surface area contributed by atoms with Gasteiger partial charge in [0, 0.05) is 17.7 Å². The van der Waals surface area contributed by atoms with Crippen molar-refractivity contribution in [3.05, 3.63) is 29.3 Å². The van der Waals surface area contributed by atoms with Crippen LogP contribution in [0.1, 0.15) is 39.0 Å². The zero-order valence-electron chi connectivity index (χ0n) is 12.8. The molecule has 0 bridgehead atoms. The SMILES string of the molecule is CCNC(CCCC1CCCO1)COc1ccc(Cl)cc1. The maximum absolute atomic E-state index is 5.88. The Labute approximate surface area is 133 Å². The van der Waals surface area contributed by atoms with E-state index in [9.17, 15) is 0 Å². The summed E-state index contributed by atoms with van der Waals surface area (Å²) in [6.07, 6.45) is 6.43. The van der Waals surface area contributed by atoms with E-state index in [0.717, 1.165) is 30.3 Å². The molecule has 1 aliphatic rings. The molecule has 1 heterocycles. The zero-order chi connectivity index (χ0) is 14.9. The van der Waals surface area contributed by atoms with Crippen LogP contribution in [0.15, 0.2) is 24.3 Å². The first kappa shape index (κ1) is 16.6. The van der Waals surface area contributed by atoms with Crippen molar-refractivity contribution in [2.75, 3.05) is 19.8 Å². The molecule has 2 unspecified atom stereocenters. The van der Waals surface area contributed by atoms with E-state index in [-0.39, 0.29) is 0 Å². The molecule has 21 heavy (non-hydrogen) atoms. The summed E-state index contributed by atoms with van der Waals surface area (Å²) in [5, 5.41) is 4.24. The summed E-state index contributed by atoms with van der Waals surface area (Å²) in [4.78, 5) is 0. The van der Waals surface area contributed by atoms with Gasteiger partial charge in [-0.05, 0) is 62.9 Å². The van der Waals surface area contributed by atoms with E-state index in [1.165, 1.54) is 25.7 Å². The summed E-state index contributed by atoms with van der Waals surface area (Å²) in [5.41, 5.74) is 0. The lowest BCUT2D eigenvalue weighted by Gasteiger charge is -2.19. The predicted octanol–water partition coefficient (Wildman–Crippen LogP) is 4.05. The van der Waals surface area contributed by atoms with E-state index in [2.05, 4.69) is 12.2 Å². The van der Waals surface area contributed by atoms with Gasteiger partial charge in [-0.15, -0.1) is 0 Å². The van der Waals surface area contributed by atoms with Gasteiger partial charge >= 0.3 is 0 Å². The van der Waals surface area contributed by atoms with Crippen molar-refractivity contribution in [3.63, 3.8) is 0 Å². The van der Waals surface area contributed by atoms with Crippen LogP contribution in [0, 0.1) is 0 Å². The van der Waals surface area contributed by atoms with E-state index in [0.29, 0.717) is 18.8 Å². The van der Waals surface area contributed by atoms with Crippen LogP contribution < -0.4 is 10.1 Å². The van der Waals surface area contributed by atoms with Crippen LogP contribution in [0.5, 0.6) is 5.75 Å². The van der Waals surface area contributed by atoms with Crippen molar-refractivity contribution < 1.29 is 9.47 Å². The van der Waals surface area contributed by atoms with Crippen LogP contribution in [0.25, 0.3) is 0 Å². The Morgan fingerprint density at radius 2 is 2.19 bits per heavy atom. The molecule has 1 aromatic carbocycles. The van der Waals surface area contributed by atoms with Gasteiger partial charge in [0.05, 0.1) is 6.10 Å². The van der Waals surface area contributed by atoms with E-state index >= 15 is 0 Å². The highest BCUT2D eigenvalue weighted by atomic mass is 35.5. The highest BCUT2D eigenvalue weighted by Crippen LogP contribution is 2.19. The summed E-state index contributed by atoms with van der Waals surface area (Å²) in [5.74, 6) is 0.876. The largest absolute Gasteiger partial charge is 0.492 e. The lowest BCUT2D eigenvalue weighted by Crippen LogP contribution is -2.34. The third kappa shape index (κ3) is 6.25. The molecule has 0 aliphatic carbocycles. The Bertz CT molecular complexity index is 390. The summed E-state index contributed by atoms with van der Waals surface area (Å²) < 4.78 is 11.5. The average Bonchev–Trinajstić information content (AvgIpc) is 3.00. The topological polar surface area (TPSA) is 30.5 Å². The summed E-state index contributed by atoms with van der Waals surface area (Å²) in [6.45, 7) is 4.74. The highest BCUT2D eigenvalue weighted by molar-refractivity contribution is 6.30. The molecule has 118 valence electrons. The summed E-state index contributed by atoms with van der Waals surface area (Å²) in [7, 11) is 0. The Morgan fingerprint density at radius 1 is 1.38 bits per heavy atom. The Balaban J connectivity index is 1.68. The molecule has 0 radical (unpaired) electrons. The van der Waals surface area contributed by atoms with Crippen molar-refractivity contribution in [1.29, 1.82) is 0 Å². The molecule has 2 rings (SSSR count). The smallest absolute Gasteiger partial charge is 0.119 e. The fraction of sp³-hybridized carbons (Fsp3) is 0.647. The standard InChI is InChI=1S/C17H26ClNO2/c1-2-19-15(5-3-6-16-7-4-12-20-16)13-21-17-10-8-14(18)9-11-17/h8-11,15-16,19H,2-7,12-13H2,1H3. The second kappa shape index (κ2) is 9.29. The molecule has 2 atom stereocenters. The van der Waals surface area contributed by atoms with Crippen LogP contribution in [0.4, 0.5) is 0 Å². The van der Waals surface area contributed by atoms with Crippen molar-refractivity contribution in [1.82, 2.24) is 5.32 Å². The molecule has 1 aromatic rings. The van der Waals surface area contributed by atoms with Crippen LogP contribution in [-0.2, 0) is 4.74 Å². The summed E-state index contributed by atoms with van der Waals surface area (Å²) in [6, 6.07) is 7.94. The average molecular weight is 312 g/mol. The van der Waals surface area contributed by atoms with Gasteiger partial charge in [0.2, 0.25) is 0 Å². The Kier molecular flexibility index (Phi) is 7.34. The fourth-order valence-corrected chi connectivity index (χ4v) is 2.85. The normalized spacial score (nSPS) is 19.6. The quantitative estimate of drug-likeness (QED) is 0.746. The van der Waals surface area contributed by atoms with E-state index in [1.807, 2.05) is 24.3 Å². The van der Waals surface area contributed by atoms with Gasteiger partial charge in [0.15, 0.2) is 0 Å². The molecule has 0 amide bonds. The van der Waals surface area contributed by atoms with Gasteiger partial charge in [-0.25, -0.2) is 0 Å². The van der Waals surface area contributed by atoms with Crippen molar-refractivity contribution in [2.45, 2.75) is 51.2 Å². The summed E-state index contributed by atoms with van der Waals surface area (Å²) >= 11 is 5.88. The fourth-order valence-electron chi connectivity index (χ4n) is 2.72. The maximum Gasteiger partial charge on any atom is 0.119 e. The van der Waals surface area contributed by atoms with Crippen LogP contribution in [0.2, 0.25) is 5.02 Å². The van der Waals surface area contributed by atoms with Gasteiger partial charge < -0.3 is 14.8 Å². The van der Waals surface area contributed by atoms with Gasteiger partial charge in [-0.3, -0.25) is 0 Å². The molecule has 4 heteroatoms. The molecular formula is C17H26ClNO2. The number of benzene rings is 1. The second-order valence-electron chi connectivity index (χ2n) is 5.59. The predicted molar refractivity (Wildman–Crippen MR) is 87.2 cm³/mol. The van der Waals surface area contributed by atoms with E-state index in [4.69, 9.17) is 21.1 Å². The molecule has 0 saturated carbocycles. The van der Waals surface area contributed by atoms with E-state index in [1.54, 1.807) is 0 Å². The number of rotatable bonds is 9. The lowest BCUT2D eigenvalue weighted by molar-refractivity contribution is 0.100.